The molecule has 0 aliphatic carbocycles. The summed E-state index contributed by atoms with van der Waals surface area (Å²) in [5.74, 6) is 0. The number of furan rings is 1. The topological polar surface area (TPSA) is 13.1 Å². The molecule has 0 unspecified atom stereocenters. The Bertz CT molecular complexity index is 3190. The number of hydrogen-bond donors (Lipinski definition) is 0. The van der Waals surface area contributed by atoms with E-state index in [9.17, 15) is 5.48 Å². The Morgan fingerprint density at radius 2 is 0.978 bits per heavy atom. The summed E-state index contributed by atoms with van der Waals surface area (Å²) in [6.07, 6.45) is 0. The van der Waals surface area contributed by atoms with Crippen molar-refractivity contribution < 1.29 is 15.4 Å². The van der Waals surface area contributed by atoms with Crippen LogP contribution in [-0.2, 0) is 0 Å². The highest BCUT2D eigenvalue weighted by atomic mass is 16.3. The van der Waals surface area contributed by atoms with Crippen LogP contribution in [0.2, 0.25) is 0 Å². The van der Waals surface area contributed by atoms with Gasteiger partial charge in [0.05, 0.1) is 11.0 Å². The molecule has 9 aromatic carbocycles. The highest BCUT2D eigenvalue weighted by Gasteiger charge is 2.19. The Labute approximate surface area is 270 Å². The van der Waals surface area contributed by atoms with Crippen LogP contribution in [0.5, 0.6) is 0 Å². The lowest BCUT2D eigenvalue weighted by atomic mass is 9.84. The molecule has 1 heteroatoms. The Kier molecular flexibility index (Phi) is 3.72. The highest BCUT2D eigenvalue weighted by molar-refractivity contribution is 6.25. The predicted octanol–water partition coefficient (Wildman–Crippen LogP) is 12.7. The Morgan fingerprint density at radius 3 is 1.71 bits per heavy atom. The van der Waals surface area contributed by atoms with Gasteiger partial charge in [0, 0.05) is 16.2 Å². The Hall–Kier alpha value is -5.92. The number of rotatable bonds is 2. The summed E-state index contributed by atoms with van der Waals surface area (Å²) in [5.41, 5.74) is 2.98. The summed E-state index contributed by atoms with van der Waals surface area (Å²) in [4.78, 5) is 0. The van der Waals surface area contributed by atoms with E-state index in [4.69, 9.17) is 9.90 Å². The van der Waals surface area contributed by atoms with Crippen LogP contribution in [-0.4, -0.2) is 0 Å². The molecule has 0 fully saturated rings. The maximum atomic E-state index is 9.39. The summed E-state index contributed by atoms with van der Waals surface area (Å²) in [6, 6.07) is 32.3. The van der Waals surface area contributed by atoms with Gasteiger partial charge in [-0.1, -0.05) is 139 Å². The van der Waals surface area contributed by atoms with Crippen LogP contribution in [0.15, 0.2) is 162 Å². The zero-order chi connectivity index (χ0) is 36.4. The van der Waals surface area contributed by atoms with E-state index in [2.05, 4.69) is 0 Å². The third-order valence-corrected chi connectivity index (χ3v) is 9.08. The van der Waals surface area contributed by atoms with E-state index in [0.717, 1.165) is 43.1 Å². The van der Waals surface area contributed by atoms with Crippen molar-refractivity contribution >= 4 is 75.8 Å². The fourth-order valence-corrected chi connectivity index (χ4v) is 7.10. The molecule has 0 saturated heterocycles. The molecule has 1 heterocycles. The Balaban J connectivity index is 1.43. The van der Waals surface area contributed by atoms with Crippen LogP contribution in [0.4, 0.5) is 0 Å². The fourth-order valence-electron chi connectivity index (χ4n) is 7.10. The highest BCUT2D eigenvalue weighted by Crippen LogP contribution is 2.46. The molecule has 0 aliphatic rings. The quantitative estimate of drug-likeness (QED) is 0.147. The molecule has 10 rings (SSSR count). The second-order valence-electron chi connectivity index (χ2n) is 11.4. The summed E-state index contributed by atoms with van der Waals surface area (Å²) < 4.78 is 79.3. The van der Waals surface area contributed by atoms with Gasteiger partial charge >= 0.3 is 0 Å². The van der Waals surface area contributed by atoms with Gasteiger partial charge in [-0.25, -0.2) is 0 Å². The van der Waals surface area contributed by atoms with Crippen LogP contribution in [0.25, 0.3) is 98.1 Å². The van der Waals surface area contributed by atoms with E-state index in [1.165, 1.54) is 0 Å². The van der Waals surface area contributed by atoms with Crippen molar-refractivity contribution in [3.8, 4) is 22.3 Å². The van der Waals surface area contributed by atoms with Crippen molar-refractivity contribution in [1.82, 2.24) is 0 Å². The van der Waals surface area contributed by atoms with Gasteiger partial charge in [0.1, 0.15) is 11.2 Å². The van der Waals surface area contributed by atoms with Gasteiger partial charge in [0.15, 0.2) is 0 Å². The second kappa shape index (κ2) is 9.29. The molecular weight excluding hydrogens is 544 g/mol. The largest absolute Gasteiger partial charge is 0.455 e. The van der Waals surface area contributed by atoms with Gasteiger partial charge in [-0.15, -0.1) is 0 Å². The van der Waals surface area contributed by atoms with Crippen LogP contribution in [0.1, 0.15) is 11.0 Å². The molecule has 0 bridgehead atoms. The summed E-state index contributed by atoms with van der Waals surface area (Å²) in [7, 11) is 0. The minimum Gasteiger partial charge on any atom is -0.455 e. The SMILES string of the molecule is [2H]c1c([2H])c([2H])c2c(-c3cccc4c3ccc3ccccc34)c3c([2H])c([2H])c([2H])c([2H])c3c(-c3ccc4c(c3)oc3c5ccccc5ccc43)c2c1[2H]. The van der Waals surface area contributed by atoms with Gasteiger partial charge < -0.3 is 4.42 Å². The predicted molar refractivity (Wildman–Crippen MR) is 192 cm³/mol. The minimum atomic E-state index is -0.435. The van der Waals surface area contributed by atoms with Crippen LogP contribution in [0, 0.1) is 0 Å². The van der Waals surface area contributed by atoms with E-state index in [1.807, 2.05) is 109 Å². The molecule has 0 N–H and O–H groups in total. The molecule has 0 amide bonds. The zero-order valence-electron chi connectivity index (χ0n) is 31.8. The van der Waals surface area contributed by atoms with Crippen molar-refractivity contribution in [3.63, 3.8) is 0 Å². The third kappa shape index (κ3) is 3.50. The molecule has 1 aromatic heterocycles. The van der Waals surface area contributed by atoms with E-state index in [-0.39, 0.29) is 51.3 Å². The first kappa shape index (κ1) is 18.0. The normalized spacial score (nSPS) is 14.5. The first-order valence-corrected chi connectivity index (χ1v) is 14.9. The van der Waals surface area contributed by atoms with Gasteiger partial charge in [0.2, 0.25) is 0 Å². The lowest BCUT2D eigenvalue weighted by molar-refractivity contribution is 0.673. The number of hydrogen-bond acceptors (Lipinski definition) is 1. The van der Waals surface area contributed by atoms with Crippen molar-refractivity contribution in [3.05, 3.63) is 158 Å². The van der Waals surface area contributed by atoms with E-state index in [1.54, 1.807) is 0 Å². The summed E-state index contributed by atoms with van der Waals surface area (Å²) in [6.45, 7) is 0. The number of benzene rings is 9. The van der Waals surface area contributed by atoms with Crippen molar-refractivity contribution in [2.75, 3.05) is 0 Å². The van der Waals surface area contributed by atoms with E-state index < -0.39 is 24.2 Å². The first-order valence-electron chi connectivity index (χ1n) is 18.9. The van der Waals surface area contributed by atoms with E-state index in [0.29, 0.717) is 27.9 Å². The van der Waals surface area contributed by atoms with Gasteiger partial charge in [0.25, 0.3) is 0 Å². The summed E-state index contributed by atoms with van der Waals surface area (Å²) in [5, 5.41) is 8.17. The molecule has 0 radical (unpaired) electrons. The van der Waals surface area contributed by atoms with E-state index >= 15 is 0 Å². The molecule has 10 aromatic rings. The molecule has 0 saturated carbocycles. The van der Waals surface area contributed by atoms with Crippen LogP contribution >= 0.6 is 0 Å². The Morgan fingerprint density at radius 1 is 0.400 bits per heavy atom. The molecule has 0 spiro atoms. The van der Waals surface area contributed by atoms with Gasteiger partial charge in [-0.2, -0.15) is 0 Å². The summed E-state index contributed by atoms with van der Waals surface area (Å²) >= 11 is 0. The zero-order valence-corrected chi connectivity index (χ0v) is 23.8. The monoisotopic (exact) mass is 578 g/mol. The smallest absolute Gasteiger partial charge is 0.143 e. The third-order valence-electron chi connectivity index (χ3n) is 9.08. The van der Waals surface area contributed by atoms with Crippen LogP contribution < -0.4 is 0 Å². The lowest BCUT2D eigenvalue weighted by Crippen LogP contribution is -1.91. The van der Waals surface area contributed by atoms with Gasteiger partial charge in [-0.3, -0.25) is 0 Å². The average molecular weight is 579 g/mol. The van der Waals surface area contributed by atoms with Crippen molar-refractivity contribution in [2.45, 2.75) is 0 Å². The lowest BCUT2D eigenvalue weighted by Gasteiger charge is -2.19. The average Bonchev–Trinajstić information content (AvgIpc) is 3.57. The fraction of sp³-hybridized carbons (Fsp3) is 0. The molecule has 45 heavy (non-hydrogen) atoms. The number of fused-ring (bicyclic) bond motifs is 10. The molecular formula is C44H26O. The van der Waals surface area contributed by atoms with Crippen LogP contribution in [0.3, 0.4) is 0 Å². The molecule has 0 aliphatic heterocycles. The molecule has 0 atom stereocenters. The van der Waals surface area contributed by atoms with Crippen molar-refractivity contribution in [1.29, 1.82) is 0 Å². The minimum absolute atomic E-state index is 0.169. The van der Waals surface area contributed by atoms with Crippen molar-refractivity contribution in [2.24, 2.45) is 0 Å². The standard InChI is InChI=1S/C44H26O/c1-3-12-30-27(10-1)20-23-33-32(30)18-9-19-35(33)43-38-16-7-5-14-36(38)42(37-15-6-8-17-39(37)43)29-22-24-34-40-25-21-28-11-2-4-13-31(28)44(40)45-41(34)26-29/h1-26H/i5D,6D,7D,8D,14D,15D,16D,17D. The second-order valence-corrected chi connectivity index (χ2v) is 11.4. The first-order chi connectivity index (χ1) is 25.7. The van der Waals surface area contributed by atoms with Gasteiger partial charge in [-0.05, 0) is 88.9 Å². The maximum absolute atomic E-state index is 9.39. The molecule has 1 nitrogen and oxygen atoms in total. The molecule has 208 valence electrons. The maximum Gasteiger partial charge on any atom is 0.143 e.